The van der Waals surface area contributed by atoms with E-state index < -0.39 is 0 Å². The zero-order chi connectivity index (χ0) is 34.5. The molecule has 0 saturated carbocycles. The van der Waals surface area contributed by atoms with Gasteiger partial charge in [-0.15, -0.1) is 0 Å². The van der Waals surface area contributed by atoms with E-state index in [2.05, 4.69) is 36.4 Å². The average Bonchev–Trinajstić information content (AvgIpc) is 3.67. The van der Waals surface area contributed by atoms with Gasteiger partial charge in [0.15, 0.2) is 0 Å². The molecular weight excluding hydrogens is 617 g/mol. The SMILES string of the molecule is N#Cc1cccc(-c2c(-n3c4ccc(C#N)cc4c4cc(C#N)ccc43)cc(C#N)cc2-n2c3ccc(C#N)cc3c3cc(C#N)ccc32)c1. The summed E-state index contributed by atoms with van der Waals surface area (Å²) >= 11 is 0. The van der Waals surface area contributed by atoms with Crippen LogP contribution in [0, 0.1) is 68.0 Å². The third kappa shape index (κ3) is 4.33. The van der Waals surface area contributed by atoms with Gasteiger partial charge in [0.2, 0.25) is 0 Å². The summed E-state index contributed by atoms with van der Waals surface area (Å²) in [7, 11) is 0. The number of nitrogens with zero attached hydrogens (tertiary/aromatic N) is 8. The van der Waals surface area contributed by atoms with Crippen molar-refractivity contribution in [2.24, 2.45) is 0 Å². The Labute approximate surface area is 285 Å². The van der Waals surface area contributed by atoms with Gasteiger partial charge in [0.1, 0.15) is 0 Å². The molecule has 0 radical (unpaired) electrons. The van der Waals surface area contributed by atoms with E-state index in [9.17, 15) is 31.6 Å². The van der Waals surface area contributed by atoms with Crippen LogP contribution < -0.4 is 0 Å². The smallest absolute Gasteiger partial charge is 0.0993 e. The second-order valence-electron chi connectivity index (χ2n) is 11.7. The van der Waals surface area contributed by atoms with Crippen molar-refractivity contribution in [1.82, 2.24) is 9.13 Å². The highest BCUT2D eigenvalue weighted by Gasteiger charge is 2.24. The Bertz CT molecular complexity index is 2750. The minimum absolute atomic E-state index is 0.366. The summed E-state index contributed by atoms with van der Waals surface area (Å²) in [6.45, 7) is 0. The van der Waals surface area contributed by atoms with Crippen LogP contribution in [-0.4, -0.2) is 9.13 Å². The summed E-state index contributed by atoms with van der Waals surface area (Å²) in [4.78, 5) is 0. The summed E-state index contributed by atoms with van der Waals surface area (Å²) in [6, 6.07) is 45.9. The van der Waals surface area contributed by atoms with E-state index in [1.165, 1.54) is 0 Å². The topological polar surface area (TPSA) is 153 Å². The highest BCUT2D eigenvalue weighted by atomic mass is 15.0. The normalized spacial score (nSPS) is 10.7. The number of rotatable bonds is 3. The van der Waals surface area contributed by atoms with Crippen molar-refractivity contribution >= 4 is 43.6 Å². The molecule has 0 aliphatic carbocycles. The fourth-order valence-corrected chi connectivity index (χ4v) is 6.91. The van der Waals surface area contributed by atoms with Crippen LogP contribution in [-0.2, 0) is 0 Å². The molecule has 8 aromatic rings. The Morgan fingerprint density at radius 2 is 0.680 bits per heavy atom. The standard InChI is InChI=1S/C42H18N8/c43-19-25-2-1-3-31(12-25)42-40(49-36-8-4-26(20-44)13-32(36)33-14-27(21-45)5-9-37(33)49)17-30(24-48)18-41(42)50-38-10-6-28(22-46)15-34(38)35-16-29(23-47)7-11-39(35)50/h1-18H. The van der Waals surface area contributed by atoms with Crippen LogP contribution in [0.3, 0.4) is 0 Å². The molecule has 0 saturated heterocycles. The van der Waals surface area contributed by atoms with Crippen LogP contribution in [0.25, 0.3) is 66.1 Å². The molecule has 0 atom stereocenters. The van der Waals surface area contributed by atoms with Gasteiger partial charge in [0.25, 0.3) is 0 Å². The van der Waals surface area contributed by atoms with Crippen LogP contribution in [0.15, 0.2) is 109 Å². The quantitative estimate of drug-likeness (QED) is 0.189. The maximum Gasteiger partial charge on any atom is 0.0993 e. The fraction of sp³-hybridized carbons (Fsp3) is 0. The van der Waals surface area contributed by atoms with E-state index in [1.807, 2.05) is 57.7 Å². The molecule has 6 aromatic carbocycles. The van der Waals surface area contributed by atoms with E-state index >= 15 is 0 Å². The number of benzene rings is 6. The molecule has 0 amide bonds. The molecule has 0 aliphatic rings. The van der Waals surface area contributed by atoms with Crippen molar-refractivity contribution in [2.45, 2.75) is 0 Å². The highest BCUT2D eigenvalue weighted by molar-refractivity contribution is 6.13. The van der Waals surface area contributed by atoms with Gasteiger partial charge in [-0.1, -0.05) is 12.1 Å². The molecule has 0 aliphatic heterocycles. The monoisotopic (exact) mass is 634 g/mol. The van der Waals surface area contributed by atoms with Gasteiger partial charge in [-0.2, -0.15) is 31.6 Å². The Balaban J connectivity index is 1.61. The Morgan fingerprint density at radius 3 is 1.02 bits per heavy atom. The lowest BCUT2D eigenvalue weighted by atomic mass is 9.96. The lowest BCUT2D eigenvalue weighted by Crippen LogP contribution is -2.05. The van der Waals surface area contributed by atoms with Crippen molar-refractivity contribution in [1.29, 1.82) is 31.6 Å². The first-order valence-corrected chi connectivity index (χ1v) is 15.4. The van der Waals surface area contributed by atoms with Gasteiger partial charge in [-0.25, -0.2) is 0 Å². The number of hydrogen-bond acceptors (Lipinski definition) is 6. The van der Waals surface area contributed by atoms with E-state index in [1.54, 1.807) is 60.7 Å². The molecule has 0 N–H and O–H groups in total. The third-order valence-corrected chi connectivity index (χ3v) is 9.03. The predicted octanol–water partition coefficient (Wildman–Crippen LogP) is 8.78. The lowest BCUT2D eigenvalue weighted by molar-refractivity contribution is 1.13. The lowest BCUT2D eigenvalue weighted by Gasteiger charge is -2.21. The Kier molecular flexibility index (Phi) is 6.60. The van der Waals surface area contributed by atoms with E-state index in [-0.39, 0.29) is 0 Å². The number of hydrogen-bond donors (Lipinski definition) is 0. The number of aromatic nitrogens is 2. The van der Waals surface area contributed by atoms with Crippen LogP contribution in [0.1, 0.15) is 33.4 Å². The maximum atomic E-state index is 10.5. The minimum atomic E-state index is 0.366. The largest absolute Gasteiger partial charge is 0.308 e. The number of nitriles is 6. The Morgan fingerprint density at radius 1 is 0.340 bits per heavy atom. The molecule has 0 bridgehead atoms. The van der Waals surface area contributed by atoms with E-state index in [4.69, 9.17) is 0 Å². The molecule has 50 heavy (non-hydrogen) atoms. The van der Waals surface area contributed by atoms with Crippen molar-refractivity contribution in [3.05, 3.63) is 143 Å². The molecular formula is C42H18N8. The van der Waals surface area contributed by atoms with Crippen LogP contribution >= 0.6 is 0 Å². The summed E-state index contributed by atoms with van der Waals surface area (Å²) < 4.78 is 4.06. The molecule has 8 nitrogen and oxygen atoms in total. The summed E-state index contributed by atoms with van der Waals surface area (Å²) in [5.74, 6) is 0. The van der Waals surface area contributed by atoms with Gasteiger partial charge in [0, 0.05) is 27.1 Å². The second-order valence-corrected chi connectivity index (χ2v) is 11.7. The third-order valence-electron chi connectivity index (χ3n) is 9.03. The van der Waals surface area contributed by atoms with Crippen LogP contribution in [0.4, 0.5) is 0 Å². The van der Waals surface area contributed by atoms with Crippen LogP contribution in [0.5, 0.6) is 0 Å². The van der Waals surface area contributed by atoms with Gasteiger partial charge in [-0.05, 0) is 103 Å². The maximum absolute atomic E-state index is 10.5. The van der Waals surface area contributed by atoms with Crippen molar-refractivity contribution in [3.63, 3.8) is 0 Å². The van der Waals surface area contributed by atoms with Crippen LogP contribution in [0.2, 0.25) is 0 Å². The van der Waals surface area contributed by atoms with Crippen molar-refractivity contribution in [2.75, 3.05) is 0 Å². The average molecular weight is 635 g/mol. The first-order chi connectivity index (χ1) is 24.5. The predicted molar refractivity (Wildman–Crippen MR) is 189 cm³/mol. The molecule has 8 heteroatoms. The summed E-state index contributed by atoms with van der Waals surface area (Å²) in [5, 5.41) is 62.6. The number of fused-ring (bicyclic) bond motifs is 6. The molecule has 2 aromatic heterocycles. The zero-order valence-electron chi connectivity index (χ0n) is 26.0. The molecule has 8 rings (SSSR count). The first-order valence-electron chi connectivity index (χ1n) is 15.4. The van der Waals surface area contributed by atoms with E-state index in [0.29, 0.717) is 55.9 Å². The molecule has 0 fully saturated rings. The first kappa shape index (κ1) is 29.3. The van der Waals surface area contributed by atoms with Gasteiger partial charge >= 0.3 is 0 Å². The fourth-order valence-electron chi connectivity index (χ4n) is 6.91. The second kappa shape index (κ2) is 11.3. The van der Waals surface area contributed by atoms with Gasteiger partial charge < -0.3 is 9.13 Å². The van der Waals surface area contributed by atoms with Crippen molar-refractivity contribution < 1.29 is 0 Å². The van der Waals surface area contributed by atoms with Gasteiger partial charge in [-0.3, -0.25) is 0 Å². The van der Waals surface area contributed by atoms with Gasteiger partial charge in [0.05, 0.1) is 103 Å². The summed E-state index contributed by atoms with van der Waals surface area (Å²) in [5.41, 5.74) is 8.40. The minimum Gasteiger partial charge on any atom is -0.308 e. The zero-order valence-corrected chi connectivity index (χ0v) is 26.0. The van der Waals surface area contributed by atoms with Crippen molar-refractivity contribution in [3.8, 4) is 58.9 Å². The molecule has 2 heterocycles. The summed E-state index contributed by atoms with van der Waals surface area (Å²) in [6.07, 6.45) is 0. The van der Waals surface area contributed by atoms with E-state index in [0.717, 1.165) is 43.6 Å². The molecule has 0 unspecified atom stereocenters. The molecule has 0 spiro atoms. The molecule has 226 valence electrons. The highest BCUT2D eigenvalue weighted by Crippen LogP contribution is 2.43. The Hall–Kier alpha value is -8.14.